The molecule has 1 N–H and O–H groups in total. The molecule has 17 heavy (non-hydrogen) atoms. The zero-order chi connectivity index (χ0) is 12.4. The fraction of sp³-hybridized carbons (Fsp3) is 0.538. The predicted octanol–water partition coefficient (Wildman–Crippen LogP) is 3.48. The second kappa shape index (κ2) is 5.36. The van der Waals surface area contributed by atoms with Gasteiger partial charge in [-0.2, -0.15) is 0 Å². The fourth-order valence-electron chi connectivity index (χ4n) is 2.20. The van der Waals surface area contributed by atoms with Crippen LogP contribution >= 0.6 is 15.9 Å². The first kappa shape index (κ1) is 12.8. The molecule has 0 aliphatic carbocycles. The van der Waals surface area contributed by atoms with Gasteiger partial charge in [0.25, 0.3) is 0 Å². The third kappa shape index (κ3) is 3.19. The van der Waals surface area contributed by atoms with Crippen LogP contribution in [0.15, 0.2) is 22.7 Å². The number of halogens is 2. The van der Waals surface area contributed by atoms with E-state index in [-0.39, 0.29) is 5.82 Å². The van der Waals surface area contributed by atoms with Gasteiger partial charge in [-0.15, -0.1) is 0 Å². The van der Waals surface area contributed by atoms with Gasteiger partial charge in [0, 0.05) is 29.6 Å². The highest BCUT2D eigenvalue weighted by Gasteiger charge is 2.24. The Hall–Kier alpha value is -0.610. The molecule has 1 atom stereocenters. The topological polar surface area (TPSA) is 15.3 Å². The quantitative estimate of drug-likeness (QED) is 0.919. The normalized spacial score (nSPS) is 21.1. The van der Waals surface area contributed by atoms with Gasteiger partial charge in [-0.3, -0.25) is 4.90 Å². The van der Waals surface area contributed by atoms with Crippen LogP contribution in [0.5, 0.6) is 0 Å². The monoisotopic (exact) mass is 300 g/mol. The van der Waals surface area contributed by atoms with Crippen molar-refractivity contribution in [3.8, 4) is 0 Å². The first-order chi connectivity index (χ1) is 8.06. The molecule has 0 aromatic heterocycles. The number of nitrogens with one attached hydrogen (secondary N) is 1. The van der Waals surface area contributed by atoms with E-state index < -0.39 is 0 Å². The highest BCUT2D eigenvalue weighted by molar-refractivity contribution is 9.10. The van der Waals surface area contributed by atoms with Gasteiger partial charge in [0.2, 0.25) is 0 Å². The molecule has 1 aliphatic rings. The molecule has 0 radical (unpaired) electrons. The molecule has 0 amide bonds. The SMILES string of the molecule is CC(C)N1CCC(Nc2cc(Br)ccc2F)C1. The lowest BCUT2D eigenvalue weighted by molar-refractivity contribution is 0.274. The highest BCUT2D eigenvalue weighted by atomic mass is 79.9. The number of anilines is 1. The molecule has 1 aromatic carbocycles. The summed E-state index contributed by atoms with van der Waals surface area (Å²) in [4.78, 5) is 2.41. The van der Waals surface area contributed by atoms with Crippen molar-refractivity contribution in [3.05, 3.63) is 28.5 Å². The van der Waals surface area contributed by atoms with Gasteiger partial charge < -0.3 is 5.32 Å². The summed E-state index contributed by atoms with van der Waals surface area (Å²) in [6, 6.07) is 5.92. The van der Waals surface area contributed by atoms with Crippen LogP contribution in [-0.4, -0.2) is 30.1 Å². The fourth-order valence-corrected chi connectivity index (χ4v) is 2.56. The van der Waals surface area contributed by atoms with Gasteiger partial charge in [0.1, 0.15) is 5.82 Å². The zero-order valence-corrected chi connectivity index (χ0v) is 11.8. The van der Waals surface area contributed by atoms with E-state index in [1.807, 2.05) is 0 Å². The lowest BCUT2D eigenvalue weighted by Gasteiger charge is -2.21. The summed E-state index contributed by atoms with van der Waals surface area (Å²) in [6.07, 6.45) is 1.07. The molecule has 1 fully saturated rings. The van der Waals surface area contributed by atoms with Crippen molar-refractivity contribution in [1.82, 2.24) is 4.90 Å². The molecule has 0 spiro atoms. The second-order valence-electron chi connectivity index (χ2n) is 4.84. The van der Waals surface area contributed by atoms with Gasteiger partial charge in [-0.05, 0) is 38.5 Å². The Balaban J connectivity index is 2.00. The zero-order valence-electron chi connectivity index (χ0n) is 10.2. The standard InChI is InChI=1S/C13H18BrFN2/c1-9(2)17-6-5-11(8-17)16-13-7-10(14)3-4-12(13)15/h3-4,7,9,11,16H,5-6,8H2,1-2H3. The smallest absolute Gasteiger partial charge is 0.146 e. The van der Waals surface area contributed by atoms with Crippen molar-refractivity contribution >= 4 is 21.6 Å². The summed E-state index contributed by atoms with van der Waals surface area (Å²) < 4.78 is 14.5. The molecular formula is C13H18BrFN2. The maximum atomic E-state index is 13.6. The number of rotatable bonds is 3. The van der Waals surface area contributed by atoms with E-state index in [4.69, 9.17) is 0 Å². The first-order valence-electron chi connectivity index (χ1n) is 6.02. The largest absolute Gasteiger partial charge is 0.379 e. The summed E-state index contributed by atoms with van der Waals surface area (Å²) >= 11 is 3.36. The van der Waals surface area contributed by atoms with Crippen LogP contribution in [0, 0.1) is 5.82 Å². The van der Waals surface area contributed by atoms with E-state index in [1.165, 1.54) is 6.07 Å². The van der Waals surface area contributed by atoms with Gasteiger partial charge in [0.15, 0.2) is 0 Å². The van der Waals surface area contributed by atoms with E-state index in [1.54, 1.807) is 12.1 Å². The number of likely N-dealkylation sites (tertiary alicyclic amines) is 1. The molecule has 94 valence electrons. The van der Waals surface area contributed by atoms with Crippen LogP contribution in [0.4, 0.5) is 10.1 Å². The first-order valence-corrected chi connectivity index (χ1v) is 6.81. The summed E-state index contributed by atoms with van der Waals surface area (Å²) in [6.45, 7) is 6.47. The maximum absolute atomic E-state index is 13.6. The van der Waals surface area contributed by atoms with E-state index in [2.05, 4.69) is 40.0 Å². The summed E-state index contributed by atoms with van der Waals surface area (Å²) in [5.74, 6) is -0.184. The van der Waals surface area contributed by atoms with Crippen LogP contribution in [0.1, 0.15) is 20.3 Å². The summed E-state index contributed by atoms with van der Waals surface area (Å²) in [7, 11) is 0. The Labute approximate surface area is 110 Å². The van der Waals surface area contributed by atoms with Crippen LogP contribution in [-0.2, 0) is 0 Å². The summed E-state index contributed by atoms with van der Waals surface area (Å²) in [5.41, 5.74) is 0.593. The number of nitrogens with zero attached hydrogens (tertiary/aromatic N) is 1. The molecule has 1 saturated heterocycles. The molecule has 1 aliphatic heterocycles. The van der Waals surface area contributed by atoms with E-state index in [9.17, 15) is 4.39 Å². The minimum absolute atomic E-state index is 0.184. The lowest BCUT2D eigenvalue weighted by Crippen LogP contribution is -2.31. The maximum Gasteiger partial charge on any atom is 0.146 e. The van der Waals surface area contributed by atoms with E-state index in [0.717, 1.165) is 24.0 Å². The average Bonchev–Trinajstić information content (AvgIpc) is 2.72. The number of hydrogen-bond donors (Lipinski definition) is 1. The van der Waals surface area contributed by atoms with Crippen molar-refractivity contribution < 1.29 is 4.39 Å². The average molecular weight is 301 g/mol. The van der Waals surface area contributed by atoms with Gasteiger partial charge >= 0.3 is 0 Å². The lowest BCUT2D eigenvalue weighted by atomic mass is 10.2. The Kier molecular flexibility index (Phi) is 4.05. The Morgan fingerprint density at radius 3 is 2.88 bits per heavy atom. The molecule has 1 heterocycles. The Bertz CT molecular complexity index is 395. The number of benzene rings is 1. The van der Waals surface area contributed by atoms with Crippen molar-refractivity contribution in [2.75, 3.05) is 18.4 Å². The van der Waals surface area contributed by atoms with E-state index in [0.29, 0.717) is 17.8 Å². The molecule has 2 rings (SSSR count). The molecule has 1 aromatic rings. The molecule has 1 unspecified atom stereocenters. The minimum Gasteiger partial charge on any atom is -0.379 e. The van der Waals surface area contributed by atoms with Crippen molar-refractivity contribution in [2.45, 2.75) is 32.4 Å². The van der Waals surface area contributed by atoms with Crippen LogP contribution in [0.25, 0.3) is 0 Å². The third-order valence-electron chi connectivity index (χ3n) is 3.24. The van der Waals surface area contributed by atoms with Gasteiger partial charge in [0.05, 0.1) is 5.69 Å². The van der Waals surface area contributed by atoms with Crippen LogP contribution < -0.4 is 5.32 Å². The Morgan fingerprint density at radius 2 is 2.24 bits per heavy atom. The molecule has 0 saturated carbocycles. The molecular weight excluding hydrogens is 283 g/mol. The third-order valence-corrected chi connectivity index (χ3v) is 3.73. The predicted molar refractivity (Wildman–Crippen MR) is 72.8 cm³/mol. The van der Waals surface area contributed by atoms with Gasteiger partial charge in [-0.25, -0.2) is 4.39 Å². The van der Waals surface area contributed by atoms with E-state index >= 15 is 0 Å². The van der Waals surface area contributed by atoms with Crippen molar-refractivity contribution in [1.29, 1.82) is 0 Å². The Morgan fingerprint density at radius 1 is 1.47 bits per heavy atom. The molecule has 4 heteroatoms. The minimum atomic E-state index is -0.184. The summed E-state index contributed by atoms with van der Waals surface area (Å²) in [5, 5.41) is 3.29. The molecule has 2 nitrogen and oxygen atoms in total. The van der Waals surface area contributed by atoms with Crippen LogP contribution in [0.2, 0.25) is 0 Å². The number of hydrogen-bond acceptors (Lipinski definition) is 2. The highest BCUT2D eigenvalue weighted by Crippen LogP contribution is 2.23. The second-order valence-corrected chi connectivity index (χ2v) is 5.76. The van der Waals surface area contributed by atoms with Crippen molar-refractivity contribution in [3.63, 3.8) is 0 Å². The van der Waals surface area contributed by atoms with Crippen molar-refractivity contribution in [2.24, 2.45) is 0 Å². The van der Waals surface area contributed by atoms with Crippen LogP contribution in [0.3, 0.4) is 0 Å². The van der Waals surface area contributed by atoms with Gasteiger partial charge in [-0.1, -0.05) is 15.9 Å². The molecule has 0 bridgehead atoms.